The van der Waals surface area contributed by atoms with Gasteiger partial charge in [-0.05, 0) is 36.8 Å². The fraction of sp³-hybridized carbons (Fsp3) is 0.562. The topological polar surface area (TPSA) is 63.3 Å². The Kier molecular flexibility index (Phi) is 6.87. The number of benzene rings is 1. The molecule has 1 rings (SSSR count). The van der Waals surface area contributed by atoms with Crippen LogP contribution in [0.1, 0.15) is 37.3 Å². The number of hydrogen-bond acceptors (Lipinski definition) is 2. The van der Waals surface area contributed by atoms with E-state index in [0.29, 0.717) is 24.8 Å². The summed E-state index contributed by atoms with van der Waals surface area (Å²) in [5, 5.41) is 9.02. The summed E-state index contributed by atoms with van der Waals surface area (Å²) in [7, 11) is 0. The first-order valence-corrected chi connectivity index (χ1v) is 7.36. The Hall–Kier alpha value is -1.56. The maximum Gasteiger partial charge on any atom is 0.416 e. The van der Waals surface area contributed by atoms with Crippen LogP contribution in [0.15, 0.2) is 24.3 Å². The molecule has 0 amide bonds. The predicted octanol–water partition coefficient (Wildman–Crippen LogP) is 3.71. The van der Waals surface area contributed by atoms with Gasteiger partial charge in [-0.2, -0.15) is 13.2 Å². The Balaban J connectivity index is 2.65. The molecule has 3 nitrogen and oxygen atoms in total. The molecule has 0 aliphatic carbocycles. The average molecular weight is 317 g/mol. The summed E-state index contributed by atoms with van der Waals surface area (Å²) in [6.45, 7) is 2.03. The normalized spacial score (nSPS) is 14.6. The van der Waals surface area contributed by atoms with Gasteiger partial charge in [0.1, 0.15) is 0 Å². The Bertz CT molecular complexity index is 489. The molecule has 1 aromatic carbocycles. The van der Waals surface area contributed by atoms with Crippen molar-refractivity contribution < 1.29 is 23.1 Å². The van der Waals surface area contributed by atoms with Crippen LogP contribution in [0.25, 0.3) is 0 Å². The van der Waals surface area contributed by atoms with Gasteiger partial charge in [0, 0.05) is 6.54 Å². The van der Waals surface area contributed by atoms with Gasteiger partial charge in [0.2, 0.25) is 0 Å². The SMILES string of the molecule is CCC(CCc1cccc(C(F)(F)F)c1)CC(CN)C(=O)O. The van der Waals surface area contributed by atoms with Gasteiger partial charge in [-0.3, -0.25) is 4.79 Å². The van der Waals surface area contributed by atoms with Crippen LogP contribution >= 0.6 is 0 Å². The van der Waals surface area contributed by atoms with E-state index in [4.69, 9.17) is 10.8 Å². The summed E-state index contributed by atoms with van der Waals surface area (Å²) in [5.41, 5.74) is 5.41. The molecule has 2 atom stereocenters. The molecule has 22 heavy (non-hydrogen) atoms. The molecule has 3 N–H and O–H groups in total. The highest BCUT2D eigenvalue weighted by atomic mass is 19.4. The number of carbonyl (C=O) groups is 1. The third kappa shape index (κ3) is 5.67. The Morgan fingerprint density at radius 1 is 1.36 bits per heavy atom. The molecule has 6 heteroatoms. The van der Waals surface area contributed by atoms with E-state index in [0.717, 1.165) is 18.6 Å². The van der Waals surface area contributed by atoms with Gasteiger partial charge in [0.05, 0.1) is 11.5 Å². The first-order chi connectivity index (χ1) is 10.3. The fourth-order valence-electron chi connectivity index (χ4n) is 2.46. The van der Waals surface area contributed by atoms with Crippen LogP contribution in [0.3, 0.4) is 0 Å². The Labute approximate surface area is 128 Å². The summed E-state index contributed by atoms with van der Waals surface area (Å²) in [6.07, 6.45) is -1.95. The number of aliphatic carboxylic acids is 1. The monoisotopic (exact) mass is 317 g/mol. The summed E-state index contributed by atoms with van der Waals surface area (Å²) >= 11 is 0. The number of aryl methyl sites for hydroxylation is 1. The minimum absolute atomic E-state index is 0.0788. The van der Waals surface area contributed by atoms with E-state index in [2.05, 4.69) is 0 Å². The van der Waals surface area contributed by atoms with Crippen molar-refractivity contribution in [2.24, 2.45) is 17.6 Å². The van der Waals surface area contributed by atoms with Gasteiger partial charge < -0.3 is 10.8 Å². The third-order valence-corrected chi connectivity index (χ3v) is 3.92. The highest BCUT2D eigenvalue weighted by Gasteiger charge is 2.30. The summed E-state index contributed by atoms with van der Waals surface area (Å²) in [6, 6.07) is 5.28. The molecule has 0 spiro atoms. The van der Waals surface area contributed by atoms with Crippen LogP contribution in [0.2, 0.25) is 0 Å². The summed E-state index contributed by atoms with van der Waals surface area (Å²) < 4.78 is 38.0. The molecule has 0 aliphatic rings. The van der Waals surface area contributed by atoms with E-state index in [1.165, 1.54) is 6.07 Å². The van der Waals surface area contributed by atoms with Crippen LogP contribution in [-0.4, -0.2) is 17.6 Å². The molecule has 0 saturated carbocycles. The lowest BCUT2D eigenvalue weighted by Gasteiger charge is -2.19. The van der Waals surface area contributed by atoms with E-state index in [1.54, 1.807) is 6.07 Å². The second-order valence-corrected chi connectivity index (χ2v) is 5.52. The average Bonchev–Trinajstić information content (AvgIpc) is 2.46. The molecule has 0 aromatic heterocycles. The zero-order chi connectivity index (χ0) is 16.8. The van der Waals surface area contributed by atoms with Crippen LogP contribution < -0.4 is 5.73 Å². The number of halogens is 3. The van der Waals surface area contributed by atoms with Crippen LogP contribution in [-0.2, 0) is 17.4 Å². The smallest absolute Gasteiger partial charge is 0.416 e. The van der Waals surface area contributed by atoms with E-state index >= 15 is 0 Å². The molecule has 0 heterocycles. The van der Waals surface area contributed by atoms with Gasteiger partial charge in [0.25, 0.3) is 0 Å². The number of nitrogens with two attached hydrogens (primary N) is 1. The molecule has 124 valence electrons. The van der Waals surface area contributed by atoms with Crippen molar-refractivity contribution in [2.75, 3.05) is 6.54 Å². The van der Waals surface area contributed by atoms with E-state index in [1.807, 2.05) is 6.92 Å². The molecular weight excluding hydrogens is 295 g/mol. The van der Waals surface area contributed by atoms with E-state index in [-0.39, 0.29) is 12.5 Å². The zero-order valence-electron chi connectivity index (χ0n) is 12.6. The highest BCUT2D eigenvalue weighted by Crippen LogP contribution is 2.30. The first-order valence-electron chi connectivity index (χ1n) is 7.36. The van der Waals surface area contributed by atoms with Crippen molar-refractivity contribution in [3.63, 3.8) is 0 Å². The molecule has 0 bridgehead atoms. The number of alkyl halides is 3. The van der Waals surface area contributed by atoms with Crippen molar-refractivity contribution in [2.45, 2.75) is 38.8 Å². The largest absolute Gasteiger partial charge is 0.481 e. The fourth-order valence-corrected chi connectivity index (χ4v) is 2.46. The van der Waals surface area contributed by atoms with Gasteiger partial charge in [-0.1, -0.05) is 31.5 Å². The Morgan fingerprint density at radius 3 is 2.55 bits per heavy atom. The highest BCUT2D eigenvalue weighted by molar-refractivity contribution is 5.70. The minimum atomic E-state index is -4.34. The van der Waals surface area contributed by atoms with E-state index in [9.17, 15) is 18.0 Å². The second-order valence-electron chi connectivity index (χ2n) is 5.52. The standard InChI is InChI=1S/C16H22F3NO2/c1-2-11(8-13(10-20)15(21)22)6-7-12-4-3-5-14(9-12)16(17,18)19/h3-5,9,11,13H,2,6-8,10,20H2,1H3,(H,21,22). The van der Waals surface area contributed by atoms with Crippen molar-refractivity contribution >= 4 is 5.97 Å². The lowest BCUT2D eigenvalue weighted by atomic mass is 9.88. The minimum Gasteiger partial charge on any atom is -0.481 e. The molecule has 0 fully saturated rings. The van der Waals surface area contributed by atoms with Crippen molar-refractivity contribution in [1.29, 1.82) is 0 Å². The van der Waals surface area contributed by atoms with E-state index < -0.39 is 23.6 Å². The van der Waals surface area contributed by atoms with Crippen LogP contribution in [0, 0.1) is 11.8 Å². The molecule has 2 unspecified atom stereocenters. The van der Waals surface area contributed by atoms with Crippen molar-refractivity contribution in [3.05, 3.63) is 35.4 Å². The Morgan fingerprint density at radius 2 is 2.05 bits per heavy atom. The van der Waals surface area contributed by atoms with Gasteiger partial charge in [-0.25, -0.2) is 0 Å². The summed E-state index contributed by atoms with van der Waals surface area (Å²) in [4.78, 5) is 11.0. The number of rotatable bonds is 8. The van der Waals surface area contributed by atoms with Crippen LogP contribution in [0.5, 0.6) is 0 Å². The molecule has 0 radical (unpaired) electrons. The summed E-state index contributed by atoms with van der Waals surface area (Å²) in [5.74, 6) is -1.37. The molecule has 0 aliphatic heterocycles. The maximum atomic E-state index is 12.7. The lowest BCUT2D eigenvalue weighted by molar-refractivity contribution is -0.142. The molecular formula is C16H22F3NO2. The second kappa shape index (κ2) is 8.17. The molecule has 1 aromatic rings. The lowest BCUT2D eigenvalue weighted by Crippen LogP contribution is -2.26. The number of carboxylic acids is 1. The molecule has 0 saturated heterocycles. The van der Waals surface area contributed by atoms with Crippen molar-refractivity contribution in [3.8, 4) is 0 Å². The van der Waals surface area contributed by atoms with Gasteiger partial charge in [0.15, 0.2) is 0 Å². The predicted molar refractivity (Wildman–Crippen MR) is 78.3 cm³/mol. The van der Waals surface area contributed by atoms with Gasteiger partial charge in [-0.15, -0.1) is 0 Å². The first kappa shape index (κ1) is 18.5. The number of carboxylic acid groups (broad SMARTS) is 1. The van der Waals surface area contributed by atoms with Crippen LogP contribution in [0.4, 0.5) is 13.2 Å². The third-order valence-electron chi connectivity index (χ3n) is 3.92. The maximum absolute atomic E-state index is 12.7. The quantitative estimate of drug-likeness (QED) is 0.768. The zero-order valence-corrected chi connectivity index (χ0v) is 12.6. The number of hydrogen-bond donors (Lipinski definition) is 2. The van der Waals surface area contributed by atoms with Crippen molar-refractivity contribution in [1.82, 2.24) is 0 Å². The van der Waals surface area contributed by atoms with Gasteiger partial charge >= 0.3 is 12.1 Å².